The van der Waals surface area contributed by atoms with Gasteiger partial charge < -0.3 is 19.9 Å². The topological polar surface area (TPSA) is 50.7 Å². The van der Waals surface area contributed by atoms with Crippen molar-refractivity contribution in [1.82, 2.24) is 5.32 Å². The third-order valence-corrected chi connectivity index (χ3v) is 3.13. The molecule has 0 amide bonds. The van der Waals surface area contributed by atoms with Crippen LogP contribution < -0.4 is 14.8 Å². The third kappa shape index (κ3) is 3.60. The molecule has 0 atom stereocenters. The van der Waals surface area contributed by atoms with Gasteiger partial charge in [-0.05, 0) is 47.5 Å². The summed E-state index contributed by atoms with van der Waals surface area (Å²) in [6.07, 6.45) is 0. The first kappa shape index (κ1) is 13.6. The molecule has 1 heterocycles. The highest BCUT2D eigenvalue weighted by Crippen LogP contribution is 2.38. The van der Waals surface area contributed by atoms with Crippen LogP contribution >= 0.6 is 15.9 Å². The van der Waals surface area contributed by atoms with Crippen LogP contribution in [0.3, 0.4) is 0 Å². The zero-order valence-electron chi connectivity index (χ0n) is 10.6. The van der Waals surface area contributed by atoms with Crippen molar-refractivity contribution in [2.75, 3.05) is 19.8 Å². The second kappa shape index (κ2) is 5.47. The number of halogens is 1. The average molecular weight is 316 g/mol. The molecular formula is C13H18BrNO3. The maximum Gasteiger partial charge on any atom is 0.175 e. The quantitative estimate of drug-likeness (QED) is 0.893. The Labute approximate surface area is 115 Å². The maximum atomic E-state index is 9.63. The molecule has 0 fully saturated rings. The molecule has 100 valence electrons. The molecule has 5 heteroatoms. The molecule has 2 rings (SSSR count). The molecule has 1 aliphatic rings. The van der Waals surface area contributed by atoms with Gasteiger partial charge in [-0.2, -0.15) is 0 Å². The first-order chi connectivity index (χ1) is 8.46. The SMILES string of the molecule is CC(C)(O)CNCc1cc(Br)c2c(c1)OCCO2. The number of aliphatic hydroxyl groups is 1. The largest absolute Gasteiger partial charge is 0.486 e. The average Bonchev–Trinajstić information content (AvgIpc) is 2.27. The summed E-state index contributed by atoms with van der Waals surface area (Å²) in [6, 6.07) is 3.97. The van der Waals surface area contributed by atoms with Gasteiger partial charge in [0.05, 0.1) is 10.1 Å². The lowest BCUT2D eigenvalue weighted by Gasteiger charge is -2.21. The van der Waals surface area contributed by atoms with Crippen LogP contribution in [0, 0.1) is 0 Å². The summed E-state index contributed by atoms with van der Waals surface area (Å²) in [5, 5.41) is 12.8. The van der Waals surface area contributed by atoms with Crippen LogP contribution in [0.5, 0.6) is 11.5 Å². The monoisotopic (exact) mass is 315 g/mol. The van der Waals surface area contributed by atoms with Crippen molar-refractivity contribution in [3.05, 3.63) is 22.2 Å². The molecule has 0 saturated heterocycles. The molecule has 0 radical (unpaired) electrons. The van der Waals surface area contributed by atoms with Gasteiger partial charge >= 0.3 is 0 Å². The highest BCUT2D eigenvalue weighted by atomic mass is 79.9. The molecule has 18 heavy (non-hydrogen) atoms. The van der Waals surface area contributed by atoms with Crippen LogP contribution in [-0.2, 0) is 6.54 Å². The summed E-state index contributed by atoms with van der Waals surface area (Å²) in [4.78, 5) is 0. The molecule has 4 nitrogen and oxygen atoms in total. The Bertz CT molecular complexity index is 429. The minimum atomic E-state index is -0.703. The zero-order valence-corrected chi connectivity index (χ0v) is 12.2. The fourth-order valence-corrected chi connectivity index (χ4v) is 2.38. The summed E-state index contributed by atoms with van der Waals surface area (Å²) in [5.74, 6) is 1.54. The van der Waals surface area contributed by atoms with Gasteiger partial charge in [-0.15, -0.1) is 0 Å². The van der Waals surface area contributed by atoms with Crippen molar-refractivity contribution in [2.24, 2.45) is 0 Å². The van der Waals surface area contributed by atoms with Crippen LogP contribution in [0.15, 0.2) is 16.6 Å². The van der Waals surface area contributed by atoms with Crippen LogP contribution in [-0.4, -0.2) is 30.5 Å². The van der Waals surface area contributed by atoms with Crippen molar-refractivity contribution in [3.63, 3.8) is 0 Å². The van der Waals surface area contributed by atoms with Crippen LogP contribution in [0.25, 0.3) is 0 Å². The van der Waals surface area contributed by atoms with E-state index in [9.17, 15) is 5.11 Å². The minimum Gasteiger partial charge on any atom is -0.486 e. The maximum absolute atomic E-state index is 9.63. The summed E-state index contributed by atoms with van der Waals surface area (Å²) in [5.41, 5.74) is 0.390. The molecule has 1 aromatic carbocycles. The number of nitrogens with one attached hydrogen (secondary N) is 1. The van der Waals surface area contributed by atoms with E-state index in [1.807, 2.05) is 12.1 Å². The summed E-state index contributed by atoms with van der Waals surface area (Å²) < 4.78 is 12.0. The van der Waals surface area contributed by atoms with Gasteiger partial charge in [-0.3, -0.25) is 0 Å². The Kier molecular flexibility index (Phi) is 4.14. The van der Waals surface area contributed by atoms with E-state index in [0.29, 0.717) is 26.3 Å². The number of hydrogen-bond acceptors (Lipinski definition) is 4. The Morgan fingerprint density at radius 1 is 1.33 bits per heavy atom. The molecule has 2 N–H and O–H groups in total. The number of ether oxygens (including phenoxy) is 2. The minimum absolute atomic E-state index is 0.541. The molecule has 1 aromatic rings. The lowest BCUT2D eigenvalue weighted by molar-refractivity contribution is 0.0795. The molecule has 0 aliphatic carbocycles. The molecule has 0 spiro atoms. The van der Waals surface area contributed by atoms with E-state index < -0.39 is 5.60 Å². The summed E-state index contributed by atoms with van der Waals surface area (Å²) >= 11 is 3.48. The van der Waals surface area contributed by atoms with E-state index in [-0.39, 0.29) is 0 Å². The van der Waals surface area contributed by atoms with Crippen molar-refractivity contribution in [1.29, 1.82) is 0 Å². The van der Waals surface area contributed by atoms with E-state index in [1.54, 1.807) is 13.8 Å². The van der Waals surface area contributed by atoms with Gasteiger partial charge in [0.2, 0.25) is 0 Å². The van der Waals surface area contributed by atoms with Crippen molar-refractivity contribution < 1.29 is 14.6 Å². The van der Waals surface area contributed by atoms with Crippen molar-refractivity contribution >= 4 is 15.9 Å². The molecule has 1 aliphatic heterocycles. The van der Waals surface area contributed by atoms with Gasteiger partial charge in [0.15, 0.2) is 11.5 Å². The van der Waals surface area contributed by atoms with Crippen molar-refractivity contribution in [3.8, 4) is 11.5 Å². The normalized spacial score (nSPS) is 14.7. The Morgan fingerprint density at radius 3 is 2.78 bits per heavy atom. The fraction of sp³-hybridized carbons (Fsp3) is 0.538. The number of fused-ring (bicyclic) bond motifs is 1. The standard InChI is InChI=1S/C13H18BrNO3/c1-13(2,16)8-15-7-9-5-10(14)12-11(6-9)17-3-4-18-12/h5-6,15-16H,3-4,7-8H2,1-2H3. The molecular weight excluding hydrogens is 298 g/mol. The fourth-order valence-electron chi connectivity index (χ4n) is 1.78. The van der Waals surface area contributed by atoms with Crippen molar-refractivity contribution in [2.45, 2.75) is 26.0 Å². The smallest absolute Gasteiger partial charge is 0.175 e. The second-order valence-corrected chi connectivity index (χ2v) is 5.87. The van der Waals surface area contributed by atoms with Crippen LogP contribution in [0.4, 0.5) is 0 Å². The predicted octanol–water partition coefficient (Wildman–Crippen LogP) is 2.08. The highest BCUT2D eigenvalue weighted by molar-refractivity contribution is 9.10. The number of rotatable bonds is 4. The van der Waals surface area contributed by atoms with Gasteiger partial charge in [0, 0.05) is 13.1 Å². The molecule has 0 bridgehead atoms. The van der Waals surface area contributed by atoms with Crippen LogP contribution in [0.1, 0.15) is 19.4 Å². The van der Waals surface area contributed by atoms with E-state index in [4.69, 9.17) is 9.47 Å². The molecule has 0 saturated carbocycles. The lowest BCUT2D eigenvalue weighted by atomic mass is 10.1. The summed E-state index contributed by atoms with van der Waals surface area (Å²) in [7, 11) is 0. The first-order valence-electron chi connectivity index (χ1n) is 5.97. The first-order valence-corrected chi connectivity index (χ1v) is 6.76. The third-order valence-electron chi connectivity index (χ3n) is 2.54. The van der Waals surface area contributed by atoms with Crippen LogP contribution in [0.2, 0.25) is 0 Å². The van der Waals surface area contributed by atoms with Gasteiger partial charge in [0.25, 0.3) is 0 Å². The second-order valence-electron chi connectivity index (χ2n) is 5.02. The lowest BCUT2D eigenvalue weighted by Crippen LogP contribution is -2.34. The predicted molar refractivity (Wildman–Crippen MR) is 73.1 cm³/mol. The summed E-state index contributed by atoms with van der Waals surface area (Å²) in [6.45, 7) is 5.94. The molecule has 0 aromatic heterocycles. The zero-order chi connectivity index (χ0) is 13.2. The highest BCUT2D eigenvalue weighted by Gasteiger charge is 2.17. The van der Waals surface area contributed by atoms with Gasteiger partial charge in [-0.1, -0.05) is 0 Å². The van der Waals surface area contributed by atoms with E-state index in [1.165, 1.54) is 0 Å². The Hall–Kier alpha value is -0.780. The Morgan fingerprint density at radius 2 is 2.06 bits per heavy atom. The Balaban J connectivity index is 2.03. The number of benzene rings is 1. The van der Waals surface area contributed by atoms with E-state index in [2.05, 4.69) is 21.2 Å². The molecule has 0 unspecified atom stereocenters. The van der Waals surface area contributed by atoms with Gasteiger partial charge in [-0.25, -0.2) is 0 Å². The van der Waals surface area contributed by atoms with E-state index >= 15 is 0 Å². The van der Waals surface area contributed by atoms with E-state index in [0.717, 1.165) is 21.5 Å². The number of hydrogen-bond donors (Lipinski definition) is 2. The van der Waals surface area contributed by atoms with Gasteiger partial charge in [0.1, 0.15) is 13.2 Å².